The van der Waals surface area contributed by atoms with Crippen molar-refractivity contribution in [1.29, 1.82) is 0 Å². The van der Waals surface area contributed by atoms with Gasteiger partial charge in [-0.25, -0.2) is 11.4 Å². The van der Waals surface area contributed by atoms with Gasteiger partial charge in [-0.05, 0) is 29.7 Å². The average Bonchev–Trinajstić information content (AvgIpc) is 2.47. The number of hydrazone groups is 1. The molecule has 2 rings (SSSR count). The highest BCUT2D eigenvalue weighted by molar-refractivity contribution is 5.98. The zero-order chi connectivity index (χ0) is 16.2. The molecule has 0 saturated carbocycles. The molecule has 0 aromatic heterocycles. The van der Waals surface area contributed by atoms with Gasteiger partial charge in [0.05, 0.1) is 5.56 Å². The largest absolute Gasteiger partial charge is 0.416 e. The molecule has 0 aliphatic carbocycles. The van der Waals surface area contributed by atoms with Crippen LogP contribution in [0.4, 0.5) is 13.2 Å². The molecule has 0 fully saturated rings. The van der Waals surface area contributed by atoms with Gasteiger partial charge in [0, 0.05) is 5.56 Å². The van der Waals surface area contributed by atoms with Crippen LogP contribution in [0.15, 0.2) is 53.6 Å². The van der Waals surface area contributed by atoms with Crippen molar-refractivity contribution < 1.29 is 13.2 Å². The molecule has 0 saturated heterocycles. The van der Waals surface area contributed by atoms with Gasteiger partial charge in [-0.15, -0.1) is 5.10 Å². The van der Waals surface area contributed by atoms with E-state index in [-0.39, 0.29) is 5.84 Å². The molecule has 0 aliphatic rings. The third-order valence-corrected chi connectivity index (χ3v) is 3.15. The first kappa shape index (κ1) is 15.8. The molecule has 7 heteroatoms. The lowest BCUT2D eigenvalue weighted by Crippen LogP contribution is -2.24. The summed E-state index contributed by atoms with van der Waals surface area (Å²) in [5.74, 6) is 5.32. The molecule has 5 N–H and O–H groups in total. The van der Waals surface area contributed by atoms with Gasteiger partial charge in [0.25, 0.3) is 0 Å². The van der Waals surface area contributed by atoms with E-state index in [1.54, 1.807) is 12.1 Å². The molecule has 0 bridgehead atoms. The Morgan fingerprint density at radius 1 is 1.05 bits per heavy atom. The number of hydrogen-bond donors (Lipinski definition) is 3. The van der Waals surface area contributed by atoms with E-state index in [2.05, 4.69) is 10.6 Å². The predicted molar refractivity (Wildman–Crippen MR) is 78.7 cm³/mol. The minimum absolute atomic E-state index is 0.213. The maximum atomic E-state index is 12.6. The molecule has 0 spiro atoms. The lowest BCUT2D eigenvalue weighted by atomic mass is 9.98. The molecular weight excluding hydrogens is 293 g/mol. The second-order valence-electron chi connectivity index (χ2n) is 4.65. The number of hydrogen-bond acceptors (Lipinski definition) is 3. The van der Waals surface area contributed by atoms with Crippen molar-refractivity contribution in [3.63, 3.8) is 0 Å². The quantitative estimate of drug-likeness (QED) is 0.351. The Morgan fingerprint density at radius 3 is 2.27 bits per heavy atom. The van der Waals surface area contributed by atoms with Gasteiger partial charge in [0.15, 0.2) is 5.84 Å². The van der Waals surface area contributed by atoms with Crippen molar-refractivity contribution in [3.05, 3.63) is 70.8 Å². The van der Waals surface area contributed by atoms with Gasteiger partial charge in [-0.1, -0.05) is 36.4 Å². The van der Waals surface area contributed by atoms with Gasteiger partial charge in [0.1, 0.15) is 0 Å². The highest BCUT2D eigenvalue weighted by Gasteiger charge is 2.29. The number of nitrogens with zero attached hydrogens (tertiary/aromatic N) is 1. The monoisotopic (exact) mass is 308 g/mol. The smallest absolute Gasteiger partial charge is 0.382 e. The fraction of sp³-hybridized carbons (Fsp3) is 0.133. The summed E-state index contributed by atoms with van der Waals surface area (Å²) in [6.07, 6.45) is -3.89. The third kappa shape index (κ3) is 3.76. The Balaban J connectivity index is 2.26. The van der Waals surface area contributed by atoms with Crippen LogP contribution in [-0.4, -0.2) is 5.84 Å². The van der Waals surface area contributed by atoms with E-state index in [0.29, 0.717) is 12.0 Å². The lowest BCUT2D eigenvalue weighted by molar-refractivity contribution is -0.137. The van der Waals surface area contributed by atoms with Crippen LogP contribution in [0.25, 0.3) is 0 Å². The molecule has 0 amide bonds. The number of halogens is 3. The summed E-state index contributed by atoms with van der Waals surface area (Å²) in [6.45, 7) is 0. The Hall–Kier alpha value is -2.54. The highest BCUT2D eigenvalue weighted by atomic mass is 19.4. The SMILES string of the molecule is NN/N=C(\N)c1ccccc1Cc1ccc(C(F)(F)F)cc1. The number of nitrogens with two attached hydrogens (primary N) is 2. The highest BCUT2D eigenvalue weighted by Crippen LogP contribution is 2.29. The summed E-state index contributed by atoms with van der Waals surface area (Å²) in [6, 6.07) is 12.3. The summed E-state index contributed by atoms with van der Waals surface area (Å²) >= 11 is 0. The fourth-order valence-electron chi connectivity index (χ4n) is 2.09. The Kier molecular flexibility index (Phi) is 4.67. The predicted octanol–water partition coefficient (Wildman–Crippen LogP) is 2.38. The van der Waals surface area contributed by atoms with Crippen LogP contribution < -0.4 is 17.1 Å². The summed E-state index contributed by atoms with van der Waals surface area (Å²) in [5, 5.41) is 3.72. The van der Waals surface area contributed by atoms with Gasteiger partial charge in [-0.3, -0.25) is 0 Å². The van der Waals surface area contributed by atoms with Crippen LogP contribution in [0.3, 0.4) is 0 Å². The van der Waals surface area contributed by atoms with Gasteiger partial charge in [0.2, 0.25) is 0 Å². The van der Waals surface area contributed by atoms with Crippen molar-refractivity contribution in [2.24, 2.45) is 16.7 Å². The Bertz CT molecular complexity index is 663. The molecular formula is C15H15F3N4. The zero-order valence-electron chi connectivity index (χ0n) is 11.6. The van der Waals surface area contributed by atoms with Crippen molar-refractivity contribution in [2.75, 3.05) is 0 Å². The maximum Gasteiger partial charge on any atom is 0.416 e. The van der Waals surface area contributed by atoms with Crippen LogP contribution in [0, 0.1) is 0 Å². The molecule has 4 nitrogen and oxygen atoms in total. The van der Waals surface area contributed by atoms with E-state index in [1.807, 2.05) is 12.1 Å². The van der Waals surface area contributed by atoms with Crippen LogP contribution in [-0.2, 0) is 12.6 Å². The van der Waals surface area contributed by atoms with Crippen molar-refractivity contribution in [1.82, 2.24) is 5.53 Å². The minimum atomic E-state index is -4.33. The number of amidine groups is 1. The number of alkyl halides is 3. The van der Waals surface area contributed by atoms with E-state index in [4.69, 9.17) is 11.6 Å². The molecule has 116 valence electrons. The summed E-state index contributed by atoms with van der Waals surface area (Å²) in [4.78, 5) is 0. The topological polar surface area (TPSA) is 76.4 Å². The molecule has 0 aliphatic heterocycles. The Labute approximate surface area is 125 Å². The van der Waals surface area contributed by atoms with E-state index >= 15 is 0 Å². The van der Waals surface area contributed by atoms with E-state index in [0.717, 1.165) is 23.3 Å². The van der Waals surface area contributed by atoms with Crippen LogP contribution in [0.2, 0.25) is 0 Å². The first-order chi connectivity index (χ1) is 10.4. The molecule has 0 unspecified atom stereocenters. The summed E-state index contributed by atoms with van der Waals surface area (Å²) in [5.41, 5.74) is 9.52. The second kappa shape index (κ2) is 6.48. The third-order valence-electron chi connectivity index (χ3n) is 3.15. The molecule has 0 radical (unpaired) electrons. The first-order valence-corrected chi connectivity index (χ1v) is 6.45. The summed E-state index contributed by atoms with van der Waals surface area (Å²) in [7, 11) is 0. The molecule has 0 atom stereocenters. The van der Waals surface area contributed by atoms with E-state index < -0.39 is 11.7 Å². The van der Waals surface area contributed by atoms with Gasteiger partial charge < -0.3 is 5.73 Å². The van der Waals surface area contributed by atoms with Crippen LogP contribution in [0.1, 0.15) is 22.3 Å². The maximum absolute atomic E-state index is 12.6. The Morgan fingerprint density at radius 2 is 1.68 bits per heavy atom. The molecule has 0 heterocycles. The normalized spacial score (nSPS) is 12.3. The number of hydrazine groups is 1. The lowest BCUT2D eigenvalue weighted by Gasteiger charge is -2.10. The van der Waals surface area contributed by atoms with Crippen LogP contribution in [0.5, 0.6) is 0 Å². The zero-order valence-corrected chi connectivity index (χ0v) is 11.6. The fourth-order valence-corrected chi connectivity index (χ4v) is 2.09. The second-order valence-corrected chi connectivity index (χ2v) is 4.65. The standard InChI is InChI=1S/C15H15F3N4/c16-15(17,18)12-7-5-10(6-8-12)9-11-3-1-2-4-13(11)14(19)21-22-20/h1-8,22H,9,20H2,(H2,19,21). The number of rotatable bonds is 4. The van der Waals surface area contributed by atoms with Gasteiger partial charge in [-0.2, -0.15) is 13.2 Å². The average molecular weight is 308 g/mol. The van der Waals surface area contributed by atoms with Crippen molar-refractivity contribution in [3.8, 4) is 0 Å². The van der Waals surface area contributed by atoms with E-state index in [1.165, 1.54) is 12.1 Å². The number of benzene rings is 2. The van der Waals surface area contributed by atoms with Crippen molar-refractivity contribution in [2.45, 2.75) is 12.6 Å². The minimum Gasteiger partial charge on any atom is -0.382 e. The van der Waals surface area contributed by atoms with Crippen molar-refractivity contribution >= 4 is 5.84 Å². The number of nitrogens with one attached hydrogen (secondary N) is 1. The first-order valence-electron chi connectivity index (χ1n) is 6.45. The molecule has 22 heavy (non-hydrogen) atoms. The summed E-state index contributed by atoms with van der Waals surface area (Å²) < 4.78 is 37.7. The van der Waals surface area contributed by atoms with E-state index in [9.17, 15) is 13.2 Å². The van der Waals surface area contributed by atoms with Crippen LogP contribution >= 0.6 is 0 Å². The van der Waals surface area contributed by atoms with Gasteiger partial charge >= 0.3 is 6.18 Å². The molecule has 2 aromatic rings. The molecule has 2 aromatic carbocycles.